The van der Waals surface area contributed by atoms with Crippen LogP contribution in [0.3, 0.4) is 0 Å². The van der Waals surface area contributed by atoms with Crippen molar-refractivity contribution in [2.45, 2.75) is 51.7 Å². The molecule has 0 bridgehead atoms. The Morgan fingerprint density at radius 2 is 1.68 bits per heavy atom. The highest BCUT2D eigenvalue weighted by atomic mass is 35.5. The van der Waals surface area contributed by atoms with Crippen molar-refractivity contribution in [3.05, 3.63) is 34.9 Å². The third-order valence-electron chi connectivity index (χ3n) is 4.12. The van der Waals surface area contributed by atoms with Gasteiger partial charge in [0.15, 0.2) is 0 Å². The van der Waals surface area contributed by atoms with Gasteiger partial charge in [-0.05, 0) is 64.4 Å². The van der Waals surface area contributed by atoms with E-state index in [4.69, 9.17) is 11.6 Å². The smallest absolute Gasteiger partial charge is 0.0406 e. The molecule has 0 aromatic heterocycles. The predicted molar refractivity (Wildman–Crippen MR) is 82.7 cm³/mol. The number of halogens is 1. The maximum absolute atomic E-state index is 5.93. The van der Waals surface area contributed by atoms with Gasteiger partial charge in [-0.25, -0.2) is 0 Å². The molecule has 1 aromatic rings. The van der Waals surface area contributed by atoms with Crippen LogP contribution in [0.15, 0.2) is 24.3 Å². The van der Waals surface area contributed by atoms with Crippen LogP contribution in [0.25, 0.3) is 0 Å². The summed E-state index contributed by atoms with van der Waals surface area (Å²) in [4.78, 5) is 2.56. The van der Waals surface area contributed by atoms with Crippen molar-refractivity contribution in [2.24, 2.45) is 0 Å². The number of likely N-dealkylation sites (tertiary alicyclic amines) is 1. The van der Waals surface area contributed by atoms with Crippen LogP contribution >= 0.6 is 11.6 Å². The molecular weight excluding hydrogens is 256 g/mol. The van der Waals surface area contributed by atoms with E-state index in [0.29, 0.717) is 18.1 Å². The van der Waals surface area contributed by atoms with E-state index in [2.05, 4.69) is 43.1 Å². The van der Waals surface area contributed by atoms with Gasteiger partial charge in [-0.1, -0.05) is 23.7 Å². The summed E-state index contributed by atoms with van der Waals surface area (Å²) in [6.45, 7) is 9.22. The van der Waals surface area contributed by atoms with Gasteiger partial charge in [-0.2, -0.15) is 0 Å². The second-order valence-electron chi connectivity index (χ2n) is 5.84. The van der Waals surface area contributed by atoms with Gasteiger partial charge < -0.3 is 10.2 Å². The van der Waals surface area contributed by atoms with Crippen molar-refractivity contribution >= 4 is 11.6 Å². The Labute approximate surface area is 122 Å². The number of nitrogens with zero attached hydrogens (tertiary/aromatic N) is 1. The standard InChI is InChI=1S/C16H25ClN2/c1-12(2)19-10-8-16(9-11-19)18-13(3)14-4-6-15(17)7-5-14/h4-7,12-13,16,18H,8-11H2,1-3H3/t13-/m0/s1. The zero-order chi connectivity index (χ0) is 13.8. The summed E-state index contributed by atoms with van der Waals surface area (Å²) in [6, 6.07) is 9.88. The van der Waals surface area contributed by atoms with Crippen LogP contribution in [-0.4, -0.2) is 30.1 Å². The number of nitrogens with one attached hydrogen (secondary N) is 1. The summed E-state index contributed by atoms with van der Waals surface area (Å²) < 4.78 is 0. The summed E-state index contributed by atoms with van der Waals surface area (Å²) in [5, 5.41) is 4.55. The SMILES string of the molecule is CC(C)N1CCC(N[C@@H](C)c2ccc(Cl)cc2)CC1. The van der Waals surface area contributed by atoms with E-state index < -0.39 is 0 Å². The molecule has 106 valence electrons. The van der Waals surface area contributed by atoms with Crippen LogP contribution in [0.4, 0.5) is 0 Å². The van der Waals surface area contributed by atoms with Gasteiger partial charge in [0.2, 0.25) is 0 Å². The van der Waals surface area contributed by atoms with E-state index in [1.165, 1.54) is 31.5 Å². The Kier molecular flexibility index (Phi) is 5.26. The maximum Gasteiger partial charge on any atom is 0.0406 e. The number of rotatable bonds is 4. The van der Waals surface area contributed by atoms with Crippen molar-refractivity contribution in [2.75, 3.05) is 13.1 Å². The lowest BCUT2D eigenvalue weighted by Crippen LogP contribution is -2.45. The van der Waals surface area contributed by atoms with Gasteiger partial charge in [0, 0.05) is 23.1 Å². The van der Waals surface area contributed by atoms with Gasteiger partial charge in [0.25, 0.3) is 0 Å². The average Bonchev–Trinajstić information content (AvgIpc) is 2.40. The molecule has 1 aliphatic heterocycles. The van der Waals surface area contributed by atoms with E-state index in [9.17, 15) is 0 Å². The van der Waals surface area contributed by atoms with E-state index in [-0.39, 0.29) is 0 Å². The molecule has 0 amide bonds. The Morgan fingerprint density at radius 1 is 1.11 bits per heavy atom. The third-order valence-corrected chi connectivity index (χ3v) is 4.37. The fourth-order valence-electron chi connectivity index (χ4n) is 2.78. The topological polar surface area (TPSA) is 15.3 Å². The minimum absolute atomic E-state index is 0.396. The van der Waals surface area contributed by atoms with Gasteiger partial charge in [-0.15, -0.1) is 0 Å². The molecule has 19 heavy (non-hydrogen) atoms. The molecule has 0 saturated carbocycles. The summed E-state index contributed by atoms with van der Waals surface area (Å²) in [5.41, 5.74) is 1.32. The predicted octanol–water partition coefficient (Wildman–Crippen LogP) is 3.86. The molecule has 3 heteroatoms. The molecule has 1 fully saturated rings. The molecule has 0 spiro atoms. The first-order valence-corrected chi connectivity index (χ1v) is 7.69. The molecular formula is C16H25ClN2. The summed E-state index contributed by atoms with van der Waals surface area (Å²) in [6.07, 6.45) is 2.49. The molecule has 0 aliphatic carbocycles. The molecule has 0 radical (unpaired) electrons. The molecule has 1 N–H and O–H groups in total. The van der Waals surface area contributed by atoms with Crippen LogP contribution in [0.2, 0.25) is 5.02 Å². The Hall–Kier alpha value is -0.570. The number of benzene rings is 1. The molecule has 1 heterocycles. The molecule has 2 rings (SSSR count). The summed E-state index contributed by atoms with van der Waals surface area (Å²) >= 11 is 5.93. The fourth-order valence-corrected chi connectivity index (χ4v) is 2.91. The Morgan fingerprint density at radius 3 is 2.21 bits per heavy atom. The molecule has 1 atom stereocenters. The van der Waals surface area contributed by atoms with Crippen LogP contribution in [0, 0.1) is 0 Å². The molecule has 2 nitrogen and oxygen atoms in total. The fraction of sp³-hybridized carbons (Fsp3) is 0.625. The molecule has 0 unspecified atom stereocenters. The zero-order valence-corrected chi connectivity index (χ0v) is 13.0. The maximum atomic E-state index is 5.93. The monoisotopic (exact) mass is 280 g/mol. The first-order chi connectivity index (χ1) is 9.06. The van der Waals surface area contributed by atoms with Crippen LogP contribution in [-0.2, 0) is 0 Å². The van der Waals surface area contributed by atoms with Crippen LogP contribution < -0.4 is 5.32 Å². The zero-order valence-electron chi connectivity index (χ0n) is 12.2. The third kappa shape index (κ3) is 4.20. The minimum Gasteiger partial charge on any atom is -0.307 e. The van der Waals surface area contributed by atoms with E-state index in [1.807, 2.05) is 12.1 Å². The average molecular weight is 281 g/mol. The Balaban J connectivity index is 1.83. The summed E-state index contributed by atoms with van der Waals surface area (Å²) in [5.74, 6) is 0. The highest BCUT2D eigenvalue weighted by Crippen LogP contribution is 2.20. The van der Waals surface area contributed by atoms with Crippen molar-refractivity contribution in [1.82, 2.24) is 10.2 Å². The van der Waals surface area contributed by atoms with Crippen LogP contribution in [0.1, 0.15) is 45.2 Å². The lowest BCUT2D eigenvalue weighted by atomic mass is 10.0. The van der Waals surface area contributed by atoms with E-state index in [0.717, 1.165) is 5.02 Å². The van der Waals surface area contributed by atoms with Crippen LogP contribution in [0.5, 0.6) is 0 Å². The van der Waals surface area contributed by atoms with Crippen molar-refractivity contribution in [3.8, 4) is 0 Å². The van der Waals surface area contributed by atoms with Crippen molar-refractivity contribution in [3.63, 3.8) is 0 Å². The minimum atomic E-state index is 0.396. The van der Waals surface area contributed by atoms with E-state index >= 15 is 0 Å². The Bertz CT molecular complexity index is 380. The van der Waals surface area contributed by atoms with E-state index in [1.54, 1.807) is 0 Å². The van der Waals surface area contributed by atoms with Gasteiger partial charge in [0.05, 0.1) is 0 Å². The molecule has 1 saturated heterocycles. The second kappa shape index (κ2) is 6.74. The lowest BCUT2D eigenvalue weighted by Gasteiger charge is -2.36. The summed E-state index contributed by atoms with van der Waals surface area (Å²) in [7, 11) is 0. The number of hydrogen-bond donors (Lipinski definition) is 1. The number of hydrogen-bond acceptors (Lipinski definition) is 2. The van der Waals surface area contributed by atoms with Crippen molar-refractivity contribution < 1.29 is 0 Å². The first-order valence-electron chi connectivity index (χ1n) is 7.32. The van der Waals surface area contributed by atoms with Gasteiger partial charge >= 0.3 is 0 Å². The first kappa shape index (κ1) is 14.8. The molecule has 1 aliphatic rings. The second-order valence-corrected chi connectivity index (χ2v) is 6.28. The number of piperidine rings is 1. The lowest BCUT2D eigenvalue weighted by molar-refractivity contribution is 0.157. The largest absolute Gasteiger partial charge is 0.307 e. The quantitative estimate of drug-likeness (QED) is 0.901. The highest BCUT2D eigenvalue weighted by Gasteiger charge is 2.21. The highest BCUT2D eigenvalue weighted by molar-refractivity contribution is 6.30. The van der Waals surface area contributed by atoms with Crippen molar-refractivity contribution in [1.29, 1.82) is 0 Å². The van der Waals surface area contributed by atoms with Gasteiger partial charge in [-0.3, -0.25) is 0 Å². The molecule has 1 aromatic carbocycles. The normalized spacial score (nSPS) is 19.8. The van der Waals surface area contributed by atoms with Gasteiger partial charge in [0.1, 0.15) is 0 Å².